The number of benzene rings is 2. The normalized spacial score (nSPS) is 35.0. The number of rotatable bonds is 4. The molecule has 2 bridgehead atoms. The standard InChI is InChI=1S/C23H30BNO2/c1-22(2)17-13-19(22)23(3)20(14-17)26-24(27-23)21(25)12-11-16-9-6-8-15-7-4-5-10-18(15)16/h4-10,17,19-21H,11-14,25H2,1-3H3/t17-,19-,20+,21-,23-/m0/s1. The Morgan fingerprint density at radius 3 is 2.70 bits per heavy atom. The molecule has 4 aliphatic rings. The SMILES string of the molecule is CC1(C)[C@@H]2C[C@H]3OB([C@@H](N)CCc4cccc5ccccc45)O[C@@]3(C)[C@H]1C2. The summed E-state index contributed by atoms with van der Waals surface area (Å²) in [5.41, 5.74) is 8.12. The van der Waals surface area contributed by atoms with Gasteiger partial charge in [0.2, 0.25) is 0 Å². The second-order valence-electron chi connectivity index (χ2n) is 9.68. The summed E-state index contributed by atoms with van der Waals surface area (Å²) in [7, 11) is -0.273. The Kier molecular flexibility index (Phi) is 3.98. The molecule has 0 aromatic heterocycles. The van der Waals surface area contributed by atoms with Crippen LogP contribution in [0.4, 0.5) is 0 Å². The predicted octanol–water partition coefficient (Wildman–Crippen LogP) is 4.37. The molecule has 6 rings (SSSR count). The number of fused-ring (bicyclic) bond motifs is 1. The zero-order valence-corrected chi connectivity index (χ0v) is 16.7. The lowest BCUT2D eigenvalue weighted by Crippen LogP contribution is -2.65. The molecule has 4 fully saturated rings. The molecule has 3 saturated carbocycles. The Balaban J connectivity index is 1.28. The topological polar surface area (TPSA) is 44.5 Å². The summed E-state index contributed by atoms with van der Waals surface area (Å²) >= 11 is 0. The largest absolute Gasteiger partial charge is 0.475 e. The lowest BCUT2D eigenvalue weighted by atomic mass is 9.43. The molecule has 0 amide bonds. The second kappa shape index (κ2) is 6.07. The zero-order chi connectivity index (χ0) is 18.8. The summed E-state index contributed by atoms with van der Waals surface area (Å²) in [5, 5.41) is 2.61. The molecule has 0 unspecified atom stereocenters. The van der Waals surface area contributed by atoms with Crippen molar-refractivity contribution in [2.24, 2.45) is 23.0 Å². The molecule has 2 N–H and O–H groups in total. The van der Waals surface area contributed by atoms with E-state index in [-0.39, 0.29) is 24.8 Å². The first-order valence-corrected chi connectivity index (χ1v) is 10.4. The van der Waals surface area contributed by atoms with Crippen LogP contribution in [0.5, 0.6) is 0 Å². The van der Waals surface area contributed by atoms with Crippen LogP contribution in [-0.4, -0.2) is 24.8 Å². The van der Waals surface area contributed by atoms with Crippen LogP contribution >= 0.6 is 0 Å². The first-order valence-electron chi connectivity index (χ1n) is 10.4. The van der Waals surface area contributed by atoms with Crippen LogP contribution in [0.3, 0.4) is 0 Å². The van der Waals surface area contributed by atoms with Crippen molar-refractivity contribution in [3.8, 4) is 0 Å². The lowest BCUT2D eigenvalue weighted by Gasteiger charge is -2.64. The summed E-state index contributed by atoms with van der Waals surface area (Å²) in [6.07, 6.45) is 4.43. The average Bonchev–Trinajstić information content (AvgIpc) is 3.03. The van der Waals surface area contributed by atoms with Crippen LogP contribution in [0.15, 0.2) is 42.5 Å². The molecular weight excluding hydrogens is 333 g/mol. The highest BCUT2D eigenvalue weighted by Crippen LogP contribution is 2.65. The fourth-order valence-corrected chi connectivity index (χ4v) is 6.05. The van der Waals surface area contributed by atoms with Gasteiger partial charge in [0.1, 0.15) is 0 Å². The van der Waals surface area contributed by atoms with E-state index in [0.717, 1.165) is 25.2 Å². The molecular formula is C23H30BNO2. The highest BCUT2D eigenvalue weighted by Gasteiger charge is 2.68. The van der Waals surface area contributed by atoms with E-state index in [1.54, 1.807) is 0 Å². The third-order valence-corrected chi connectivity index (χ3v) is 7.95. The van der Waals surface area contributed by atoms with Gasteiger partial charge in [-0.1, -0.05) is 56.3 Å². The molecule has 142 valence electrons. The van der Waals surface area contributed by atoms with Crippen molar-refractivity contribution in [2.45, 2.75) is 64.1 Å². The zero-order valence-electron chi connectivity index (χ0n) is 16.7. The molecule has 3 nitrogen and oxygen atoms in total. The smallest absolute Gasteiger partial charge is 0.404 e. The molecule has 3 aliphatic carbocycles. The highest BCUT2D eigenvalue weighted by atomic mass is 16.7. The van der Waals surface area contributed by atoms with Gasteiger partial charge in [-0.2, -0.15) is 0 Å². The van der Waals surface area contributed by atoms with Crippen molar-refractivity contribution in [3.05, 3.63) is 48.0 Å². The van der Waals surface area contributed by atoms with Crippen LogP contribution in [0, 0.1) is 17.3 Å². The minimum atomic E-state index is -0.273. The molecule has 0 spiro atoms. The van der Waals surface area contributed by atoms with E-state index in [0.29, 0.717) is 11.3 Å². The summed E-state index contributed by atoms with van der Waals surface area (Å²) in [4.78, 5) is 0. The van der Waals surface area contributed by atoms with Crippen molar-refractivity contribution >= 4 is 17.9 Å². The number of nitrogens with two attached hydrogens (primary N) is 1. The van der Waals surface area contributed by atoms with Gasteiger partial charge in [-0.25, -0.2) is 0 Å². The van der Waals surface area contributed by atoms with Gasteiger partial charge in [0.15, 0.2) is 0 Å². The van der Waals surface area contributed by atoms with E-state index in [1.807, 2.05) is 0 Å². The van der Waals surface area contributed by atoms with Crippen LogP contribution in [0.1, 0.15) is 45.6 Å². The van der Waals surface area contributed by atoms with Crippen molar-refractivity contribution in [1.82, 2.24) is 0 Å². The first-order chi connectivity index (χ1) is 12.9. The third-order valence-electron chi connectivity index (χ3n) is 7.95. The monoisotopic (exact) mass is 363 g/mol. The van der Waals surface area contributed by atoms with Gasteiger partial charge >= 0.3 is 7.12 Å². The molecule has 0 radical (unpaired) electrons. The van der Waals surface area contributed by atoms with Gasteiger partial charge in [0.05, 0.1) is 11.7 Å². The summed E-state index contributed by atoms with van der Waals surface area (Å²) in [6.45, 7) is 7.05. The summed E-state index contributed by atoms with van der Waals surface area (Å²) in [6, 6.07) is 15.1. The molecule has 27 heavy (non-hydrogen) atoms. The molecule has 1 saturated heterocycles. The predicted molar refractivity (Wildman–Crippen MR) is 110 cm³/mol. The first kappa shape index (κ1) is 17.7. The van der Waals surface area contributed by atoms with E-state index >= 15 is 0 Å². The van der Waals surface area contributed by atoms with E-state index < -0.39 is 0 Å². The maximum atomic E-state index is 6.56. The average molecular weight is 363 g/mol. The fraction of sp³-hybridized carbons (Fsp3) is 0.565. The van der Waals surface area contributed by atoms with E-state index in [1.165, 1.54) is 22.8 Å². The number of hydrogen-bond acceptors (Lipinski definition) is 3. The van der Waals surface area contributed by atoms with Crippen LogP contribution in [0.2, 0.25) is 0 Å². The second-order valence-corrected chi connectivity index (χ2v) is 9.68. The van der Waals surface area contributed by atoms with Gasteiger partial charge in [0.25, 0.3) is 0 Å². The Morgan fingerprint density at radius 1 is 1.11 bits per heavy atom. The number of hydrogen-bond donors (Lipinski definition) is 1. The van der Waals surface area contributed by atoms with Crippen molar-refractivity contribution in [1.29, 1.82) is 0 Å². The molecule has 2 aromatic carbocycles. The third kappa shape index (κ3) is 2.61. The molecule has 1 aliphatic heterocycles. The quantitative estimate of drug-likeness (QED) is 0.821. The Hall–Kier alpha value is -1.36. The van der Waals surface area contributed by atoms with Gasteiger partial charge in [0, 0.05) is 5.94 Å². The van der Waals surface area contributed by atoms with Gasteiger partial charge in [-0.05, 0) is 66.2 Å². The van der Waals surface area contributed by atoms with Crippen molar-refractivity contribution in [3.63, 3.8) is 0 Å². The van der Waals surface area contributed by atoms with E-state index in [2.05, 4.69) is 63.2 Å². The van der Waals surface area contributed by atoms with Crippen molar-refractivity contribution in [2.75, 3.05) is 0 Å². The Morgan fingerprint density at radius 2 is 1.89 bits per heavy atom. The molecule has 1 heterocycles. The fourth-order valence-electron chi connectivity index (χ4n) is 6.05. The molecule has 5 atom stereocenters. The van der Waals surface area contributed by atoms with Crippen LogP contribution < -0.4 is 5.73 Å². The minimum absolute atomic E-state index is 0.0910. The van der Waals surface area contributed by atoms with Gasteiger partial charge in [-0.15, -0.1) is 0 Å². The van der Waals surface area contributed by atoms with Crippen LogP contribution in [0.25, 0.3) is 10.8 Å². The van der Waals surface area contributed by atoms with Gasteiger partial charge < -0.3 is 15.0 Å². The molecule has 2 aromatic rings. The van der Waals surface area contributed by atoms with Gasteiger partial charge in [-0.3, -0.25) is 0 Å². The highest BCUT2D eigenvalue weighted by molar-refractivity contribution is 6.47. The lowest BCUT2D eigenvalue weighted by molar-refractivity contribution is -0.199. The van der Waals surface area contributed by atoms with E-state index in [4.69, 9.17) is 15.0 Å². The van der Waals surface area contributed by atoms with Crippen LogP contribution in [-0.2, 0) is 15.7 Å². The Labute approximate surface area is 162 Å². The van der Waals surface area contributed by atoms with E-state index in [9.17, 15) is 0 Å². The summed E-state index contributed by atoms with van der Waals surface area (Å²) in [5.74, 6) is 1.27. The molecule has 4 heteroatoms. The maximum absolute atomic E-state index is 6.56. The number of aryl methyl sites for hydroxylation is 1. The Bertz CT molecular complexity index is 863. The maximum Gasteiger partial charge on any atom is 0.475 e. The van der Waals surface area contributed by atoms with Crippen molar-refractivity contribution < 1.29 is 9.31 Å². The summed E-state index contributed by atoms with van der Waals surface area (Å²) < 4.78 is 12.9. The minimum Gasteiger partial charge on any atom is -0.404 e.